The van der Waals surface area contributed by atoms with Gasteiger partial charge in [-0.2, -0.15) is 4.98 Å². The molecule has 1 aromatic carbocycles. The molecule has 0 amide bonds. The normalized spacial score (nSPS) is 10.3. The van der Waals surface area contributed by atoms with Crippen molar-refractivity contribution in [3.8, 4) is 5.75 Å². The van der Waals surface area contributed by atoms with Crippen molar-refractivity contribution < 1.29 is 9.13 Å². The van der Waals surface area contributed by atoms with Crippen LogP contribution in [0.3, 0.4) is 0 Å². The summed E-state index contributed by atoms with van der Waals surface area (Å²) in [5, 5.41) is 6.14. The van der Waals surface area contributed by atoms with E-state index in [-0.39, 0.29) is 5.75 Å². The van der Waals surface area contributed by atoms with Crippen molar-refractivity contribution in [3.05, 3.63) is 35.8 Å². The fourth-order valence-electron chi connectivity index (χ4n) is 1.80. The molecule has 0 aliphatic rings. The van der Waals surface area contributed by atoms with Gasteiger partial charge in [-0.15, -0.1) is 0 Å². The number of rotatable bonds is 6. The van der Waals surface area contributed by atoms with E-state index in [4.69, 9.17) is 4.74 Å². The van der Waals surface area contributed by atoms with Gasteiger partial charge in [0.25, 0.3) is 0 Å². The van der Waals surface area contributed by atoms with Crippen LogP contribution in [0.2, 0.25) is 0 Å². The van der Waals surface area contributed by atoms with E-state index in [0.29, 0.717) is 24.1 Å². The van der Waals surface area contributed by atoms with Crippen LogP contribution >= 0.6 is 0 Å². The summed E-state index contributed by atoms with van der Waals surface area (Å²) in [4.78, 5) is 8.53. The largest absolute Gasteiger partial charge is 0.491 e. The second-order valence-electron chi connectivity index (χ2n) is 4.46. The Hall–Kier alpha value is -2.37. The maximum Gasteiger partial charge on any atom is 0.224 e. The molecule has 0 saturated heterocycles. The van der Waals surface area contributed by atoms with Gasteiger partial charge < -0.3 is 15.4 Å². The molecule has 0 radical (unpaired) electrons. The Bertz CT molecular complexity index is 619. The molecule has 1 heterocycles. The Morgan fingerprint density at radius 2 is 2.10 bits per heavy atom. The molecule has 2 rings (SSSR count). The van der Waals surface area contributed by atoms with Crippen LogP contribution in [0.1, 0.15) is 19.4 Å². The zero-order valence-electron chi connectivity index (χ0n) is 12.4. The van der Waals surface area contributed by atoms with E-state index in [0.717, 1.165) is 12.1 Å². The SMILES string of the molecule is CCNc1ncc(C)c(Nc2ccc(OCC)c(F)c2)n1. The summed E-state index contributed by atoms with van der Waals surface area (Å²) in [6.45, 7) is 6.85. The molecule has 2 N–H and O–H groups in total. The van der Waals surface area contributed by atoms with Gasteiger partial charge >= 0.3 is 0 Å². The quantitative estimate of drug-likeness (QED) is 0.852. The van der Waals surface area contributed by atoms with Crippen LogP contribution in [-0.4, -0.2) is 23.1 Å². The number of hydrogen-bond acceptors (Lipinski definition) is 5. The molecule has 0 saturated carbocycles. The van der Waals surface area contributed by atoms with Crippen LogP contribution in [0.5, 0.6) is 5.75 Å². The predicted octanol–water partition coefficient (Wildman–Crippen LogP) is 3.50. The standard InChI is InChI=1S/C15H19FN4O/c1-4-17-15-18-9-10(3)14(20-15)19-11-6-7-13(21-5-2)12(16)8-11/h6-9H,4-5H2,1-3H3,(H2,17,18,19,20). The second-order valence-corrected chi connectivity index (χ2v) is 4.46. The van der Waals surface area contributed by atoms with Crippen molar-refractivity contribution in [3.63, 3.8) is 0 Å². The van der Waals surface area contributed by atoms with Gasteiger partial charge in [0.15, 0.2) is 11.6 Å². The van der Waals surface area contributed by atoms with Gasteiger partial charge in [0.1, 0.15) is 5.82 Å². The first-order chi connectivity index (χ1) is 10.1. The van der Waals surface area contributed by atoms with E-state index in [1.807, 2.05) is 20.8 Å². The molecule has 0 unspecified atom stereocenters. The topological polar surface area (TPSA) is 59.1 Å². The molecule has 5 nitrogen and oxygen atoms in total. The van der Waals surface area contributed by atoms with Crippen LogP contribution in [0.25, 0.3) is 0 Å². The van der Waals surface area contributed by atoms with Gasteiger partial charge in [0.2, 0.25) is 5.95 Å². The molecular weight excluding hydrogens is 271 g/mol. The molecule has 0 aliphatic heterocycles. The number of hydrogen-bond donors (Lipinski definition) is 2. The highest BCUT2D eigenvalue weighted by Crippen LogP contribution is 2.24. The van der Waals surface area contributed by atoms with Gasteiger partial charge in [0.05, 0.1) is 6.61 Å². The molecule has 6 heteroatoms. The Balaban J connectivity index is 2.21. The minimum atomic E-state index is -0.402. The minimum absolute atomic E-state index is 0.246. The Labute approximate surface area is 123 Å². The van der Waals surface area contributed by atoms with E-state index in [2.05, 4.69) is 20.6 Å². The first-order valence-electron chi connectivity index (χ1n) is 6.91. The third-order valence-electron chi connectivity index (χ3n) is 2.80. The van der Waals surface area contributed by atoms with E-state index in [1.54, 1.807) is 18.3 Å². The Kier molecular flexibility index (Phi) is 4.92. The van der Waals surface area contributed by atoms with Crippen molar-refractivity contribution in [2.45, 2.75) is 20.8 Å². The summed E-state index contributed by atoms with van der Waals surface area (Å²) in [7, 11) is 0. The predicted molar refractivity (Wildman–Crippen MR) is 81.8 cm³/mol. The molecule has 0 fully saturated rings. The van der Waals surface area contributed by atoms with Crippen molar-refractivity contribution in [1.29, 1.82) is 0 Å². The third kappa shape index (κ3) is 3.81. The molecular formula is C15H19FN4O. The summed E-state index contributed by atoms with van der Waals surface area (Å²) in [5.74, 6) is 1.03. The van der Waals surface area contributed by atoms with Crippen LogP contribution in [0.4, 0.5) is 21.8 Å². The number of benzene rings is 1. The number of ether oxygens (including phenoxy) is 1. The van der Waals surface area contributed by atoms with Gasteiger partial charge in [-0.25, -0.2) is 9.37 Å². The molecule has 112 valence electrons. The first-order valence-corrected chi connectivity index (χ1v) is 6.91. The molecule has 0 spiro atoms. The van der Waals surface area contributed by atoms with Crippen LogP contribution < -0.4 is 15.4 Å². The lowest BCUT2D eigenvalue weighted by molar-refractivity contribution is 0.321. The number of nitrogens with one attached hydrogen (secondary N) is 2. The fourth-order valence-corrected chi connectivity index (χ4v) is 1.80. The number of anilines is 3. The number of nitrogens with zero attached hydrogens (tertiary/aromatic N) is 2. The molecule has 0 atom stereocenters. The van der Waals surface area contributed by atoms with Crippen LogP contribution in [-0.2, 0) is 0 Å². The summed E-state index contributed by atoms with van der Waals surface area (Å²) < 4.78 is 19.0. The number of halogens is 1. The van der Waals surface area contributed by atoms with E-state index >= 15 is 0 Å². The van der Waals surface area contributed by atoms with Gasteiger partial charge in [0, 0.05) is 30.1 Å². The summed E-state index contributed by atoms with van der Waals surface area (Å²) in [6.07, 6.45) is 1.72. The molecule has 2 aromatic rings. The highest BCUT2D eigenvalue weighted by molar-refractivity contribution is 5.61. The first kappa shape index (κ1) is 15.0. The molecule has 0 aliphatic carbocycles. The monoisotopic (exact) mass is 290 g/mol. The summed E-state index contributed by atoms with van der Waals surface area (Å²) in [6, 6.07) is 4.74. The number of aromatic nitrogens is 2. The summed E-state index contributed by atoms with van der Waals surface area (Å²) >= 11 is 0. The average Bonchev–Trinajstić information content (AvgIpc) is 2.46. The fraction of sp³-hybridized carbons (Fsp3) is 0.333. The Morgan fingerprint density at radius 1 is 1.29 bits per heavy atom. The second kappa shape index (κ2) is 6.88. The highest BCUT2D eigenvalue weighted by Gasteiger charge is 2.07. The zero-order chi connectivity index (χ0) is 15.2. The van der Waals surface area contributed by atoms with Gasteiger partial charge in [-0.05, 0) is 32.9 Å². The lowest BCUT2D eigenvalue weighted by Gasteiger charge is -2.11. The smallest absolute Gasteiger partial charge is 0.224 e. The maximum atomic E-state index is 13.8. The summed E-state index contributed by atoms with van der Waals surface area (Å²) in [5.41, 5.74) is 1.49. The van der Waals surface area contributed by atoms with Crippen molar-refractivity contribution in [1.82, 2.24) is 9.97 Å². The van der Waals surface area contributed by atoms with E-state index in [1.165, 1.54) is 6.07 Å². The number of aryl methyl sites for hydroxylation is 1. The minimum Gasteiger partial charge on any atom is -0.491 e. The van der Waals surface area contributed by atoms with Gasteiger partial charge in [-0.3, -0.25) is 0 Å². The Morgan fingerprint density at radius 3 is 2.76 bits per heavy atom. The highest BCUT2D eigenvalue weighted by atomic mass is 19.1. The van der Waals surface area contributed by atoms with E-state index < -0.39 is 5.82 Å². The maximum absolute atomic E-state index is 13.8. The average molecular weight is 290 g/mol. The molecule has 0 bridgehead atoms. The van der Waals surface area contributed by atoms with Crippen LogP contribution in [0.15, 0.2) is 24.4 Å². The lowest BCUT2D eigenvalue weighted by Crippen LogP contribution is -2.05. The zero-order valence-corrected chi connectivity index (χ0v) is 12.4. The van der Waals surface area contributed by atoms with Crippen molar-refractivity contribution in [2.24, 2.45) is 0 Å². The lowest BCUT2D eigenvalue weighted by atomic mass is 10.2. The van der Waals surface area contributed by atoms with Crippen molar-refractivity contribution >= 4 is 17.5 Å². The van der Waals surface area contributed by atoms with E-state index in [9.17, 15) is 4.39 Å². The third-order valence-corrected chi connectivity index (χ3v) is 2.80. The molecule has 21 heavy (non-hydrogen) atoms. The van der Waals surface area contributed by atoms with Crippen molar-refractivity contribution in [2.75, 3.05) is 23.8 Å². The van der Waals surface area contributed by atoms with Crippen LogP contribution in [0, 0.1) is 12.7 Å². The van der Waals surface area contributed by atoms with Gasteiger partial charge in [-0.1, -0.05) is 0 Å². The molecule has 1 aromatic heterocycles.